The van der Waals surface area contributed by atoms with Crippen LogP contribution in [0.3, 0.4) is 0 Å². The number of methoxy groups -OCH3 is 2. The second-order valence-corrected chi connectivity index (χ2v) is 12.9. The van der Waals surface area contributed by atoms with Crippen molar-refractivity contribution >= 4 is 17.9 Å². The molecule has 510 valence electrons. The van der Waals surface area contributed by atoms with Crippen LogP contribution in [0.15, 0.2) is 36.3 Å². The largest absolute Gasteiger partial charge is 0.550 e. The molecule has 4 atom stereocenters. The van der Waals surface area contributed by atoms with Crippen LogP contribution in [0.5, 0.6) is 11.5 Å². The third-order valence-electron chi connectivity index (χ3n) is 8.97. The lowest BCUT2D eigenvalue weighted by Gasteiger charge is -2.39. The fourth-order valence-electron chi connectivity index (χ4n) is 6.87. The van der Waals surface area contributed by atoms with E-state index < -0.39 is 53.6 Å². The Morgan fingerprint density at radius 3 is 1.44 bits per heavy atom. The highest BCUT2D eigenvalue weighted by Gasteiger charge is 2.59. The van der Waals surface area contributed by atoms with Crippen LogP contribution in [0.4, 0.5) is 0 Å². The minimum absolute atomic E-state index is 0. The number of nitrogens with zero attached hydrogens (tertiary/aromatic N) is 1. The van der Waals surface area contributed by atoms with Crippen LogP contribution in [-0.2, 0) is 35.0 Å². The van der Waals surface area contributed by atoms with Crippen LogP contribution in [0.25, 0.3) is 0 Å². The van der Waals surface area contributed by atoms with E-state index in [9.17, 15) is 29.7 Å². The third kappa shape index (κ3) is 45.0. The van der Waals surface area contributed by atoms with Crippen molar-refractivity contribution in [2.24, 2.45) is 0 Å². The number of fused-ring (bicyclic) bond motifs is 3. The summed E-state index contributed by atoms with van der Waals surface area (Å²) < 4.78 is 28.1. The third-order valence-corrected chi connectivity index (χ3v) is 8.97. The molecule has 0 aromatic heterocycles. The summed E-state index contributed by atoms with van der Waals surface area (Å²) in [6, 6.07) is 4.00. The quantitative estimate of drug-likeness (QED) is 0.141. The van der Waals surface area contributed by atoms with Crippen molar-refractivity contribution < 1.29 is 58.5 Å². The van der Waals surface area contributed by atoms with Crippen molar-refractivity contribution in [2.45, 2.75) is 332 Å². The van der Waals surface area contributed by atoms with E-state index >= 15 is 0 Å². The zero-order valence-electron chi connectivity index (χ0n) is 26.8. The minimum atomic E-state index is -2.12. The molecule has 5 rings (SSSR count). The molecule has 1 fully saturated rings. The highest BCUT2D eigenvalue weighted by atomic mass is 16.7. The Bertz CT molecular complexity index is 1370. The van der Waals surface area contributed by atoms with E-state index in [1.807, 2.05) is 12.1 Å². The van der Waals surface area contributed by atoms with E-state index in [2.05, 4.69) is 17.6 Å². The lowest BCUT2D eigenvalue weighted by atomic mass is 9.77. The van der Waals surface area contributed by atoms with E-state index in [4.69, 9.17) is 28.8 Å². The molecular weight excluding hydrogens is 987 g/mol. The topological polar surface area (TPSA) is 184 Å². The summed E-state index contributed by atoms with van der Waals surface area (Å²) in [5.41, 5.74) is -1.42. The van der Waals surface area contributed by atoms with Crippen molar-refractivity contribution in [1.82, 2.24) is 4.90 Å². The van der Waals surface area contributed by atoms with E-state index in [0.717, 1.165) is 43.5 Å². The number of carbonyl (C=O) groups is 3. The number of carboxylic acids is 1. The van der Waals surface area contributed by atoms with Crippen LogP contribution in [0, 0.1) is 0 Å². The lowest BCUT2D eigenvalue weighted by Crippen LogP contribution is -2.49. The zero-order chi connectivity index (χ0) is 33.9. The fraction of sp³-hybridized carbons (Fsp3) is 0.800. The van der Waals surface area contributed by atoms with Crippen LogP contribution in [0.1, 0.15) is 313 Å². The van der Waals surface area contributed by atoms with E-state index in [0.29, 0.717) is 30.1 Å². The molecule has 78 heavy (non-hydrogen) atoms. The van der Waals surface area contributed by atoms with Gasteiger partial charge in [-0.3, -0.25) is 9.69 Å². The highest BCUT2D eigenvalue weighted by molar-refractivity contribution is 5.86. The molecule has 3 N–H and O–H groups in total. The van der Waals surface area contributed by atoms with Gasteiger partial charge in [0.2, 0.25) is 6.79 Å². The number of ether oxygens (including phenoxy) is 5. The molecule has 1 spiro atoms. The summed E-state index contributed by atoms with van der Waals surface area (Å²) in [5, 5.41) is 39.2. The highest BCUT2D eigenvalue weighted by Crippen LogP contribution is 2.55. The average Bonchev–Trinajstić information content (AvgIpc) is 3.65. The Morgan fingerprint density at radius 2 is 1.09 bits per heavy atom. The van der Waals surface area contributed by atoms with Crippen LogP contribution >= 0.6 is 0 Å². The summed E-state index contributed by atoms with van der Waals surface area (Å²) in [7, 11) is 2.76. The summed E-state index contributed by atoms with van der Waals surface area (Å²) in [5.74, 6) is -1.75. The van der Waals surface area contributed by atoms with Crippen molar-refractivity contribution in [2.75, 3.05) is 34.1 Å². The normalized spacial score (nSPS) is 14.2. The molecule has 13 nitrogen and oxygen atoms in total. The molecule has 1 saturated heterocycles. The van der Waals surface area contributed by atoms with Crippen LogP contribution < -0.4 is 14.6 Å². The van der Waals surface area contributed by atoms with Gasteiger partial charge >= 0.3 is 11.9 Å². The Balaban J connectivity index is -0.0000000215. The smallest absolute Gasteiger partial charge is 0.339 e. The van der Waals surface area contributed by atoms with Gasteiger partial charge in [-0.2, -0.15) is 0 Å². The van der Waals surface area contributed by atoms with E-state index in [-0.39, 0.29) is 263 Å². The average molecular weight is 1160 g/mol. The molecule has 0 amide bonds. The number of carbonyl (C=O) groups excluding carboxylic acids is 3. The zero-order valence-corrected chi connectivity index (χ0v) is 26.8. The molecule has 1 aromatic carbocycles. The van der Waals surface area contributed by atoms with Crippen LogP contribution in [-0.4, -0.2) is 95.1 Å². The first-order chi connectivity index (χ1) is 21.6. The minimum Gasteiger partial charge on any atom is -0.550 e. The molecule has 13 heteroatoms. The number of rotatable bonds is 11. The molecule has 1 aliphatic carbocycles. The molecule has 0 saturated carbocycles. The maximum absolute atomic E-state index is 13.8. The van der Waals surface area contributed by atoms with Crippen molar-refractivity contribution in [3.63, 3.8) is 0 Å². The molecule has 0 radical (unpaired) electrons. The number of hydrogen-bond acceptors (Lipinski definition) is 13. The first-order valence-corrected chi connectivity index (χ1v) is 15.4. The Morgan fingerprint density at radius 1 is 0.679 bits per heavy atom. The maximum atomic E-state index is 13.8. The van der Waals surface area contributed by atoms with Gasteiger partial charge < -0.3 is 48.9 Å². The summed E-state index contributed by atoms with van der Waals surface area (Å²) in [6.07, 6.45) is 3.47. The molecular formula is C65H172NO12-. The summed E-state index contributed by atoms with van der Waals surface area (Å²) >= 11 is 0. The Labute approximate surface area is 504 Å². The van der Waals surface area contributed by atoms with Crippen molar-refractivity contribution in [1.29, 1.82) is 0 Å². The number of aliphatic hydroxyl groups excluding tert-OH is 1. The second-order valence-electron chi connectivity index (χ2n) is 12.9. The number of benzene rings is 1. The lowest BCUT2D eigenvalue weighted by molar-refractivity contribution is -0.305. The van der Waals surface area contributed by atoms with Crippen molar-refractivity contribution in [3.8, 4) is 11.5 Å². The maximum Gasteiger partial charge on any atom is 0.339 e. The van der Waals surface area contributed by atoms with Gasteiger partial charge in [0.25, 0.3) is 0 Å². The first kappa shape index (κ1) is 195. The SMILES string of the molecule is C.C.C.C.C.C.C.C.C.C.C.C.C.C.C.C.C.C.C.C.C.C.C.C.C.C.C.C.C.C.C.C.C=C(O)CC(=O)[O-].COC(=O)C[C@@](O)(CCCC(C)(C)O)C(=O)O[C@@H]1C(OC)=C[C@]23CCCN2CCc2cc4c(cc2[C@H]13)OCO4. The number of carboxylic acid groups (broad SMARTS) is 1. The molecule has 1 aromatic rings. The Kier molecular flexibility index (Phi) is 199. The predicted molar refractivity (Wildman–Crippen MR) is 376 cm³/mol. The number of esters is 2. The fourth-order valence-corrected chi connectivity index (χ4v) is 6.87. The van der Waals surface area contributed by atoms with Gasteiger partial charge in [-0.15, -0.1) is 0 Å². The second kappa shape index (κ2) is 79.7. The summed E-state index contributed by atoms with van der Waals surface area (Å²) in [4.78, 5) is 37.9. The number of aliphatic carboxylic acids is 1. The number of aliphatic hydroxyl groups is 3. The molecule has 0 bridgehead atoms. The number of hydrogen-bond donors (Lipinski definition) is 3. The molecule has 3 heterocycles. The van der Waals surface area contributed by atoms with Gasteiger partial charge in [-0.25, -0.2) is 4.79 Å². The van der Waals surface area contributed by atoms with Gasteiger partial charge in [0, 0.05) is 18.9 Å². The van der Waals surface area contributed by atoms with Gasteiger partial charge in [0.1, 0.15) is 5.76 Å². The van der Waals surface area contributed by atoms with Gasteiger partial charge in [0.05, 0.1) is 43.5 Å². The molecule has 3 aliphatic heterocycles. The predicted octanol–water partition coefficient (Wildman–Crippen LogP) is 22.1. The molecule has 0 unspecified atom stereocenters. The standard InChI is InChI=1S/C29H39NO9.C4H6O3.32CH4/c1-27(2,33)8-5-10-29(34,16-23(31)36-4)26(32)39-25-22(35-3)15-28-9-6-11-30(28)12-7-18-13-20-21(38-17-37-20)14-19(18)24(25)28;1-3(5)2-4(6)7;;;;;;;;;;;;;;;;;;;;;;;;;;;;;;;;/h13-15,24-25,33-34H,5-12,16-17H2,1-4H3;5H,1-2H2,(H,6,7);32*1H4/p-1/t24-,25-,28+,29+;;;;;;;;;;;;;;;;;;;;;;;;;;;;;;;;;/m1................................./s1. The van der Waals surface area contributed by atoms with Crippen molar-refractivity contribution in [3.05, 3.63) is 47.4 Å². The summed E-state index contributed by atoms with van der Waals surface area (Å²) in [6.45, 7) is 8.14. The van der Waals surface area contributed by atoms with Gasteiger partial charge in [0.15, 0.2) is 23.2 Å². The van der Waals surface area contributed by atoms with Crippen LogP contribution in [0.2, 0.25) is 0 Å². The monoisotopic (exact) mass is 1160 g/mol. The first-order valence-electron chi connectivity index (χ1n) is 15.4. The van der Waals surface area contributed by atoms with E-state index in [1.54, 1.807) is 21.0 Å². The van der Waals surface area contributed by atoms with E-state index in [1.165, 1.54) is 7.11 Å². The van der Waals surface area contributed by atoms with Gasteiger partial charge in [-0.05, 0) is 88.3 Å². The van der Waals surface area contributed by atoms with Gasteiger partial charge in [-0.1, -0.05) is 244 Å². The Hall–Kier alpha value is -3.81. The molecule has 4 aliphatic rings.